The fourth-order valence-corrected chi connectivity index (χ4v) is 3.31. The molecule has 0 saturated carbocycles. The van der Waals surface area contributed by atoms with Crippen LogP contribution in [0.3, 0.4) is 0 Å². The summed E-state index contributed by atoms with van der Waals surface area (Å²) < 4.78 is 5.17. The molecule has 7 heteroatoms. The molecule has 0 aliphatic heterocycles. The number of thiazole rings is 1. The second-order valence-electron chi connectivity index (χ2n) is 4.63. The van der Waals surface area contributed by atoms with Gasteiger partial charge in [0.2, 0.25) is 5.13 Å². The summed E-state index contributed by atoms with van der Waals surface area (Å²) in [6.45, 7) is 7.73. The average molecular weight is 298 g/mol. The molecule has 0 fully saturated rings. The molecule has 0 bridgehead atoms. The van der Waals surface area contributed by atoms with Crippen LogP contribution in [0.5, 0.6) is 0 Å². The highest BCUT2D eigenvalue weighted by molar-refractivity contribution is 7.23. The third-order valence-electron chi connectivity index (χ3n) is 2.37. The standard InChI is InChI=1S/C12H18N4OS2/c1-7(2)5-13-12-16-15-11(19-12)10-9(6-17-4)14-8(3)18-10/h7H,5-6H2,1-4H3,(H,13,16). The molecular weight excluding hydrogens is 280 g/mol. The lowest BCUT2D eigenvalue weighted by Crippen LogP contribution is -2.07. The number of rotatable bonds is 6. The van der Waals surface area contributed by atoms with E-state index in [1.165, 1.54) is 0 Å². The molecule has 2 aromatic rings. The molecule has 0 aromatic carbocycles. The van der Waals surface area contributed by atoms with E-state index < -0.39 is 0 Å². The fraction of sp³-hybridized carbons (Fsp3) is 0.583. The van der Waals surface area contributed by atoms with Gasteiger partial charge in [-0.15, -0.1) is 21.5 Å². The lowest BCUT2D eigenvalue weighted by molar-refractivity contribution is 0.182. The van der Waals surface area contributed by atoms with E-state index in [1.807, 2.05) is 6.92 Å². The van der Waals surface area contributed by atoms with Crippen LogP contribution in [0.4, 0.5) is 5.13 Å². The van der Waals surface area contributed by atoms with E-state index in [-0.39, 0.29) is 0 Å². The smallest absolute Gasteiger partial charge is 0.206 e. The first-order valence-electron chi connectivity index (χ1n) is 6.13. The summed E-state index contributed by atoms with van der Waals surface area (Å²) in [6, 6.07) is 0. The zero-order valence-electron chi connectivity index (χ0n) is 11.6. The minimum absolute atomic E-state index is 0.508. The van der Waals surface area contributed by atoms with E-state index in [0.29, 0.717) is 12.5 Å². The Balaban J connectivity index is 2.17. The summed E-state index contributed by atoms with van der Waals surface area (Å²) >= 11 is 3.20. The van der Waals surface area contributed by atoms with E-state index in [0.717, 1.165) is 32.3 Å². The highest BCUT2D eigenvalue weighted by atomic mass is 32.1. The summed E-state index contributed by atoms with van der Waals surface area (Å²) in [5.41, 5.74) is 0.941. The molecule has 0 saturated heterocycles. The second-order valence-corrected chi connectivity index (χ2v) is 6.81. The molecule has 0 amide bonds. The lowest BCUT2D eigenvalue weighted by atomic mass is 10.2. The molecule has 1 N–H and O–H groups in total. The quantitative estimate of drug-likeness (QED) is 0.887. The number of hydrogen-bond donors (Lipinski definition) is 1. The van der Waals surface area contributed by atoms with Crippen LogP contribution in [0.2, 0.25) is 0 Å². The first-order chi connectivity index (χ1) is 9.10. The maximum Gasteiger partial charge on any atom is 0.206 e. The maximum absolute atomic E-state index is 5.17. The van der Waals surface area contributed by atoms with E-state index in [1.54, 1.807) is 29.8 Å². The van der Waals surface area contributed by atoms with Gasteiger partial charge in [-0.2, -0.15) is 0 Å². The Labute approximate surface area is 121 Å². The normalized spacial score (nSPS) is 11.2. The van der Waals surface area contributed by atoms with Crippen molar-refractivity contribution in [3.63, 3.8) is 0 Å². The molecule has 2 rings (SSSR count). The highest BCUT2D eigenvalue weighted by Gasteiger charge is 2.15. The fourth-order valence-electron chi connectivity index (χ4n) is 1.55. The van der Waals surface area contributed by atoms with Crippen LogP contribution < -0.4 is 5.32 Å². The van der Waals surface area contributed by atoms with Crippen LogP contribution in [0.15, 0.2) is 0 Å². The summed E-state index contributed by atoms with van der Waals surface area (Å²) in [5, 5.41) is 14.5. The van der Waals surface area contributed by atoms with Crippen LogP contribution in [0.25, 0.3) is 9.88 Å². The van der Waals surface area contributed by atoms with E-state index in [9.17, 15) is 0 Å². The third-order valence-corrected chi connectivity index (χ3v) is 4.41. The highest BCUT2D eigenvalue weighted by Crippen LogP contribution is 2.34. The minimum Gasteiger partial charge on any atom is -0.378 e. The summed E-state index contributed by atoms with van der Waals surface area (Å²) in [5.74, 6) is 0.585. The van der Waals surface area contributed by atoms with Crippen LogP contribution in [0.1, 0.15) is 24.5 Å². The Kier molecular flexibility index (Phi) is 4.84. The number of ether oxygens (including phenoxy) is 1. The Bertz CT molecular complexity index is 536. The predicted octanol–water partition coefficient (Wildman–Crippen LogP) is 3.18. The second kappa shape index (κ2) is 6.40. The maximum atomic E-state index is 5.17. The molecule has 0 aliphatic carbocycles. The molecule has 0 spiro atoms. The Morgan fingerprint density at radius 3 is 2.74 bits per heavy atom. The predicted molar refractivity (Wildman–Crippen MR) is 79.8 cm³/mol. The summed E-state index contributed by atoms with van der Waals surface area (Å²) in [7, 11) is 1.67. The third kappa shape index (κ3) is 3.71. The van der Waals surface area contributed by atoms with Crippen molar-refractivity contribution in [3.8, 4) is 9.88 Å². The topological polar surface area (TPSA) is 59.9 Å². The van der Waals surface area contributed by atoms with Crippen molar-refractivity contribution in [2.45, 2.75) is 27.4 Å². The van der Waals surface area contributed by atoms with E-state index in [2.05, 4.69) is 34.3 Å². The van der Waals surface area contributed by atoms with Gasteiger partial charge in [0.15, 0.2) is 5.01 Å². The van der Waals surface area contributed by atoms with Gasteiger partial charge in [-0.05, 0) is 12.8 Å². The molecule has 0 aliphatic rings. The molecule has 5 nitrogen and oxygen atoms in total. The molecule has 0 atom stereocenters. The van der Waals surface area contributed by atoms with E-state index in [4.69, 9.17) is 4.74 Å². The van der Waals surface area contributed by atoms with Crippen LogP contribution >= 0.6 is 22.7 Å². The Morgan fingerprint density at radius 2 is 2.05 bits per heavy atom. The number of anilines is 1. The van der Waals surface area contributed by atoms with Crippen molar-refractivity contribution in [1.29, 1.82) is 0 Å². The number of aryl methyl sites for hydroxylation is 1. The largest absolute Gasteiger partial charge is 0.378 e. The average Bonchev–Trinajstić information content (AvgIpc) is 2.94. The Hall–Kier alpha value is -1.05. The molecule has 0 unspecified atom stereocenters. The van der Waals surface area contributed by atoms with Gasteiger partial charge < -0.3 is 10.1 Å². The van der Waals surface area contributed by atoms with Crippen molar-refractivity contribution in [3.05, 3.63) is 10.7 Å². The van der Waals surface area contributed by atoms with Gasteiger partial charge in [-0.3, -0.25) is 0 Å². The molecule has 2 heterocycles. The van der Waals surface area contributed by atoms with Crippen molar-refractivity contribution in [2.75, 3.05) is 19.0 Å². The lowest BCUT2D eigenvalue weighted by Gasteiger charge is -2.03. The number of nitrogens with one attached hydrogen (secondary N) is 1. The van der Waals surface area contributed by atoms with Gasteiger partial charge in [-0.1, -0.05) is 25.2 Å². The number of aromatic nitrogens is 3. The van der Waals surface area contributed by atoms with Crippen molar-refractivity contribution in [1.82, 2.24) is 15.2 Å². The van der Waals surface area contributed by atoms with Crippen molar-refractivity contribution < 1.29 is 4.74 Å². The monoisotopic (exact) mass is 298 g/mol. The van der Waals surface area contributed by atoms with Crippen LogP contribution in [0, 0.1) is 12.8 Å². The van der Waals surface area contributed by atoms with Crippen LogP contribution in [-0.2, 0) is 11.3 Å². The number of methoxy groups -OCH3 is 1. The molecular formula is C12H18N4OS2. The van der Waals surface area contributed by atoms with Gasteiger partial charge in [0, 0.05) is 13.7 Å². The first-order valence-corrected chi connectivity index (χ1v) is 7.76. The van der Waals surface area contributed by atoms with Crippen molar-refractivity contribution in [2.24, 2.45) is 5.92 Å². The molecule has 2 aromatic heterocycles. The summed E-state index contributed by atoms with van der Waals surface area (Å²) in [4.78, 5) is 5.54. The van der Waals surface area contributed by atoms with Crippen LogP contribution in [-0.4, -0.2) is 28.8 Å². The summed E-state index contributed by atoms with van der Waals surface area (Å²) in [6.07, 6.45) is 0. The van der Waals surface area contributed by atoms with Gasteiger partial charge in [0.05, 0.1) is 22.2 Å². The van der Waals surface area contributed by atoms with Gasteiger partial charge in [0.1, 0.15) is 0 Å². The molecule has 0 radical (unpaired) electrons. The zero-order chi connectivity index (χ0) is 13.8. The van der Waals surface area contributed by atoms with Crippen molar-refractivity contribution >= 4 is 27.8 Å². The minimum atomic E-state index is 0.508. The Morgan fingerprint density at radius 1 is 1.26 bits per heavy atom. The first kappa shape index (κ1) is 14.4. The number of hydrogen-bond acceptors (Lipinski definition) is 7. The van der Waals surface area contributed by atoms with Gasteiger partial charge >= 0.3 is 0 Å². The number of nitrogens with zero attached hydrogens (tertiary/aromatic N) is 3. The molecule has 19 heavy (non-hydrogen) atoms. The zero-order valence-corrected chi connectivity index (χ0v) is 13.2. The van der Waals surface area contributed by atoms with Gasteiger partial charge in [0.25, 0.3) is 0 Å². The SMILES string of the molecule is COCc1nc(C)sc1-c1nnc(NCC(C)C)s1. The molecule has 104 valence electrons. The van der Waals surface area contributed by atoms with Gasteiger partial charge in [-0.25, -0.2) is 4.98 Å². The van der Waals surface area contributed by atoms with E-state index >= 15 is 0 Å².